The van der Waals surface area contributed by atoms with Crippen molar-refractivity contribution in [2.45, 2.75) is 24.5 Å². The van der Waals surface area contributed by atoms with Crippen LogP contribution in [0.25, 0.3) is 0 Å². The number of rotatable bonds is 4. The number of nitrogens with one attached hydrogen (secondary N) is 1. The predicted molar refractivity (Wildman–Crippen MR) is 62.3 cm³/mol. The SMILES string of the molecule is O=[N+]([O-])c1cccnc1NC1O[C@H](CO)[C@@H](O)[C@H]1O. The van der Waals surface area contributed by atoms with E-state index in [-0.39, 0.29) is 11.5 Å². The van der Waals surface area contributed by atoms with Gasteiger partial charge in [-0.1, -0.05) is 0 Å². The molecule has 1 unspecified atom stereocenters. The molecule has 0 spiro atoms. The zero-order valence-electron chi connectivity index (χ0n) is 9.71. The molecule has 1 aliphatic rings. The van der Waals surface area contributed by atoms with E-state index in [2.05, 4.69) is 10.3 Å². The average molecular weight is 271 g/mol. The highest BCUT2D eigenvalue weighted by Gasteiger charge is 2.43. The molecule has 1 aliphatic heterocycles. The van der Waals surface area contributed by atoms with Crippen molar-refractivity contribution in [3.8, 4) is 0 Å². The fraction of sp³-hybridized carbons (Fsp3) is 0.500. The summed E-state index contributed by atoms with van der Waals surface area (Å²) in [6, 6.07) is 2.65. The van der Waals surface area contributed by atoms with Crippen molar-refractivity contribution < 1.29 is 25.0 Å². The number of aliphatic hydroxyl groups is 3. The molecule has 0 aliphatic carbocycles. The minimum atomic E-state index is -1.32. The Labute approximate surface area is 107 Å². The minimum absolute atomic E-state index is 0.0812. The van der Waals surface area contributed by atoms with Crippen LogP contribution in [0, 0.1) is 10.1 Å². The van der Waals surface area contributed by atoms with Gasteiger partial charge in [0.15, 0.2) is 6.23 Å². The van der Waals surface area contributed by atoms with Crippen LogP contribution in [-0.2, 0) is 4.74 Å². The van der Waals surface area contributed by atoms with Gasteiger partial charge in [0.25, 0.3) is 0 Å². The minimum Gasteiger partial charge on any atom is -0.394 e. The molecule has 2 heterocycles. The molecule has 4 N–H and O–H groups in total. The van der Waals surface area contributed by atoms with Crippen LogP contribution in [0.5, 0.6) is 0 Å². The number of hydrogen-bond donors (Lipinski definition) is 4. The number of hydrogen-bond acceptors (Lipinski definition) is 8. The van der Waals surface area contributed by atoms with Gasteiger partial charge in [0.1, 0.15) is 18.3 Å². The highest BCUT2D eigenvalue weighted by Crippen LogP contribution is 2.26. The second-order valence-corrected chi connectivity index (χ2v) is 4.03. The number of pyridine rings is 1. The molecular formula is C10H13N3O6. The van der Waals surface area contributed by atoms with Crippen molar-refractivity contribution in [2.75, 3.05) is 11.9 Å². The Morgan fingerprint density at radius 1 is 1.47 bits per heavy atom. The topological polar surface area (TPSA) is 138 Å². The Kier molecular flexibility index (Phi) is 3.90. The van der Waals surface area contributed by atoms with Crippen LogP contribution in [0.2, 0.25) is 0 Å². The van der Waals surface area contributed by atoms with Crippen LogP contribution >= 0.6 is 0 Å². The predicted octanol–water partition coefficient (Wildman–Crippen LogP) is -1.16. The third-order valence-electron chi connectivity index (χ3n) is 2.80. The molecule has 0 bridgehead atoms. The third-order valence-corrected chi connectivity index (χ3v) is 2.80. The van der Waals surface area contributed by atoms with Crippen molar-refractivity contribution in [3.05, 3.63) is 28.4 Å². The standard InChI is InChI=1S/C10H13N3O6/c14-4-6-7(15)8(16)10(19-6)12-9-5(13(17)18)2-1-3-11-9/h1-3,6-8,10,14-16H,4H2,(H,11,12)/t6-,7-,8-,10?/m1/s1. The number of ether oxygens (including phenoxy) is 1. The highest BCUT2D eigenvalue weighted by atomic mass is 16.6. The number of aliphatic hydroxyl groups excluding tert-OH is 3. The van der Waals surface area contributed by atoms with Gasteiger partial charge >= 0.3 is 5.69 Å². The summed E-state index contributed by atoms with van der Waals surface area (Å²) in [5, 5.41) is 41.5. The van der Waals surface area contributed by atoms with Gasteiger partial charge in [-0.3, -0.25) is 10.1 Å². The van der Waals surface area contributed by atoms with Crippen molar-refractivity contribution in [2.24, 2.45) is 0 Å². The molecular weight excluding hydrogens is 258 g/mol. The Hall–Kier alpha value is -1.81. The number of nitro groups is 1. The van der Waals surface area contributed by atoms with E-state index in [9.17, 15) is 20.3 Å². The molecule has 4 atom stereocenters. The summed E-state index contributed by atoms with van der Waals surface area (Å²) in [6.07, 6.45) is -3.28. The molecule has 9 nitrogen and oxygen atoms in total. The van der Waals surface area contributed by atoms with Crippen LogP contribution in [0.4, 0.5) is 11.5 Å². The van der Waals surface area contributed by atoms with Gasteiger partial charge in [0.05, 0.1) is 11.5 Å². The third kappa shape index (κ3) is 2.63. The van der Waals surface area contributed by atoms with Crippen molar-refractivity contribution in [1.29, 1.82) is 0 Å². The molecule has 104 valence electrons. The van der Waals surface area contributed by atoms with Crippen LogP contribution < -0.4 is 5.32 Å². The van der Waals surface area contributed by atoms with Crippen LogP contribution in [0.1, 0.15) is 0 Å². The Morgan fingerprint density at radius 3 is 2.79 bits per heavy atom. The van der Waals surface area contributed by atoms with Gasteiger partial charge in [0.2, 0.25) is 5.82 Å². The van der Waals surface area contributed by atoms with Crippen molar-refractivity contribution in [1.82, 2.24) is 4.98 Å². The summed E-state index contributed by atoms with van der Waals surface area (Å²) < 4.78 is 5.15. The summed E-state index contributed by atoms with van der Waals surface area (Å²) in [5.74, 6) is -0.0812. The van der Waals surface area contributed by atoms with Gasteiger partial charge in [-0.25, -0.2) is 4.98 Å². The van der Waals surface area contributed by atoms with E-state index in [4.69, 9.17) is 9.84 Å². The van der Waals surface area contributed by atoms with Crippen LogP contribution in [0.3, 0.4) is 0 Å². The van der Waals surface area contributed by atoms with Gasteiger partial charge < -0.3 is 25.4 Å². The van der Waals surface area contributed by atoms with Gasteiger partial charge in [0, 0.05) is 12.3 Å². The van der Waals surface area contributed by atoms with Crippen LogP contribution in [-0.4, -0.2) is 56.4 Å². The lowest BCUT2D eigenvalue weighted by molar-refractivity contribution is -0.384. The molecule has 1 saturated heterocycles. The van der Waals surface area contributed by atoms with Crippen molar-refractivity contribution in [3.63, 3.8) is 0 Å². The average Bonchev–Trinajstić information content (AvgIpc) is 2.67. The number of anilines is 1. The van der Waals surface area contributed by atoms with Gasteiger partial charge in [-0.15, -0.1) is 0 Å². The van der Waals surface area contributed by atoms with E-state index < -0.39 is 36.1 Å². The van der Waals surface area contributed by atoms with Gasteiger partial charge in [-0.05, 0) is 6.07 Å². The number of aromatic nitrogens is 1. The molecule has 2 rings (SSSR count). The highest BCUT2D eigenvalue weighted by molar-refractivity contribution is 5.55. The fourth-order valence-electron chi connectivity index (χ4n) is 1.81. The molecule has 0 saturated carbocycles. The molecule has 0 amide bonds. The van der Waals surface area contributed by atoms with Crippen molar-refractivity contribution >= 4 is 11.5 Å². The molecule has 19 heavy (non-hydrogen) atoms. The smallest absolute Gasteiger partial charge is 0.311 e. The molecule has 1 aromatic rings. The van der Waals surface area contributed by atoms with E-state index in [1.165, 1.54) is 18.3 Å². The quantitative estimate of drug-likeness (QED) is 0.397. The lowest BCUT2D eigenvalue weighted by Crippen LogP contribution is -2.36. The maximum atomic E-state index is 10.8. The first kappa shape index (κ1) is 13.6. The van der Waals surface area contributed by atoms with E-state index in [1.807, 2.05) is 0 Å². The summed E-state index contributed by atoms with van der Waals surface area (Å²) in [4.78, 5) is 14.0. The largest absolute Gasteiger partial charge is 0.394 e. The lowest BCUT2D eigenvalue weighted by Gasteiger charge is -2.16. The fourth-order valence-corrected chi connectivity index (χ4v) is 1.81. The first-order valence-corrected chi connectivity index (χ1v) is 5.53. The second-order valence-electron chi connectivity index (χ2n) is 4.03. The van der Waals surface area contributed by atoms with E-state index >= 15 is 0 Å². The molecule has 1 aromatic heterocycles. The van der Waals surface area contributed by atoms with E-state index in [1.54, 1.807) is 0 Å². The van der Waals surface area contributed by atoms with E-state index in [0.29, 0.717) is 0 Å². The normalized spacial score (nSPS) is 30.3. The lowest BCUT2D eigenvalue weighted by atomic mass is 10.1. The first-order chi connectivity index (χ1) is 9.04. The summed E-state index contributed by atoms with van der Waals surface area (Å²) >= 11 is 0. The number of nitrogens with zero attached hydrogens (tertiary/aromatic N) is 2. The van der Waals surface area contributed by atoms with Gasteiger partial charge in [-0.2, -0.15) is 0 Å². The Bertz CT molecular complexity index is 470. The summed E-state index contributed by atoms with van der Waals surface area (Å²) in [5.41, 5.74) is -0.278. The maximum absolute atomic E-state index is 10.8. The molecule has 0 radical (unpaired) electrons. The zero-order chi connectivity index (χ0) is 14.0. The monoisotopic (exact) mass is 271 g/mol. The Balaban J connectivity index is 2.16. The molecule has 9 heteroatoms. The van der Waals surface area contributed by atoms with Crippen LogP contribution in [0.15, 0.2) is 18.3 Å². The first-order valence-electron chi connectivity index (χ1n) is 5.53. The summed E-state index contributed by atoms with van der Waals surface area (Å²) in [7, 11) is 0. The molecule has 1 fully saturated rings. The maximum Gasteiger partial charge on any atom is 0.311 e. The van der Waals surface area contributed by atoms with E-state index in [0.717, 1.165) is 0 Å². The second kappa shape index (κ2) is 5.45. The Morgan fingerprint density at radius 2 is 2.21 bits per heavy atom. The molecule has 0 aromatic carbocycles. The summed E-state index contributed by atoms with van der Waals surface area (Å²) in [6.45, 7) is -0.472. The zero-order valence-corrected chi connectivity index (χ0v) is 9.71.